The summed E-state index contributed by atoms with van der Waals surface area (Å²) < 4.78 is 6.01. The molecule has 0 heterocycles. The van der Waals surface area contributed by atoms with Gasteiger partial charge in [0.15, 0.2) is 0 Å². The standard InChI is InChI=1S/C18H23NO/c1-14(2)17-9-8-16(10-11-19)18(12-17)20-13-15-6-4-3-5-7-15/h3-9,12,14H,10-11,13,19H2,1-2H3. The van der Waals surface area contributed by atoms with Crippen molar-refractivity contribution in [2.24, 2.45) is 5.73 Å². The quantitative estimate of drug-likeness (QED) is 0.863. The predicted octanol–water partition coefficient (Wildman–Crippen LogP) is 3.89. The van der Waals surface area contributed by atoms with Crippen LogP contribution >= 0.6 is 0 Å². The maximum absolute atomic E-state index is 6.01. The highest BCUT2D eigenvalue weighted by Crippen LogP contribution is 2.26. The summed E-state index contributed by atoms with van der Waals surface area (Å²) in [5, 5.41) is 0. The number of benzene rings is 2. The zero-order valence-corrected chi connectivity index (χ0v) is 12.3. The first kappa shape index (κ1) is 14.6. The third-order valence-corrected chi connectivity index (χ3v) is 3.41. The van der Waals surface area contributed by atoms with Crippen molar-refractivity contribution in [3.63, 3.8) is 0 Å². The Bertz CT molecular complexity index is 534. The van der Waals surface area contributed by atoms with Crippen LogP contribution in [0.3, 0.4) is 0 Å². The van der Waals surface area contributed by atoms with Gasteiger partial charge in [-0.05, 0) is 41.6 Å². The van der Waals surface area contributed by atoms with Crippen molar-refractivity contribution in [1.82, 2.24) is 0 Å². The van der Waals surface area contributed by atoms with Crippen molar-refractivity contribution >= 4 is 0 Å². The molecule has 0 saturated carbocycles. The number of ether oxygens (including phenoxy) is 1. The SMILES string of the molecule is CC(C)c1ccc(CCN)c(OCc2ccccc2)c1. The van der Waals surface area contributed by atoms with Crippen LogP contribution in [0.25, 0.3) is 0 Å². The molecule has 0 aliphatic carbocycles. The molecule has 2 nitrogen and oxygen atoms in total. The Morgan fingerprint density at radius 2 is 1.80 bits per heavy atom. The van der Waals surface area contributed by atoms with Gasteiger partial charge in [-0.2, -0.15) is 0 Å². The third kappa shape index (κ3) is 3.84. The van der Waals surface area contributed by atoms with Gasteiger partial charge in [0.05, 0.1) is 0 Å². The molecule has 0 bridgehead atoms. The fourth-order valence-electron chi connectivity index (χ4n) is 2.16. The van der Waals surface area contributed by atoms with Crippen molar-refractivity contribution in [2.75, 3.05) is 6.54 Å². The zero-order chi connectivity index (χ0) is 14.4. The summed E-state index contributed by atoms with van der Waals surface area (Å²) in [7, 11) is 0. The molecular weight excluding hydrogens is 246 g/mol. The molecule has 106 valence electrons. The van der Waals surface area contributed by atoms with E-state index < -0.39 is 0 Å². The third-order valence-electron chi connectivity index (χ3n) is 3.41. The molecule has 2 heteroatoms. The van der Waals surface area contributed by atoms with Crippen LogP contribution in [0.1, 0.15) is 36.5 Å². The molecule has 0 atom stereocenters. The molecule has 0 amide bonds. The molecule has 0 aromatic heterocycles. The molecule has 2 aromatic carbocycles. The lowest BCUT2D eigenvalue weighted by Gasteiger charge is -2.14. The van der Waals surface area contributed by atoms with E-state index in [4.69, 9.17) is 10.5 Å². The minimum atomic E-state index is 0.501. The van der Waals surface area contributed by atoms with E-state index in [0.29, 0.717) is 19.1 Å². The monoisotopic (exact) mass is 269 g/mol. The van der Waals surface area contributed by atoms with Crippen molar-refractivity contribution in [3.05, 3.63) is 65.2 Å². The van der Waals surface area contributed by atoms with E-state index >= 15 is 0 Å². The van der Waals surface area contributed by atoms with E-state index in [1.54, 1.807) is 0 Å². The smallest absolute Gasteiger partial charge is 0.123 e. The lowest BCUT2D eigenvalue weighted by molar-refractivity contribution is 0.302. The fraction of sp³-hybridized carbons (Fsp3) is 0.333. The minimum absolute atomic E-state index is 0.501. The Kier molecular flexibility index (Phi) is 5.19. The second-order valence-electron chi connectivity index (χ2n) is 5.33. The normalized spacial score (nSPS) is 10.8. The molecule has 20 heavy (non-hydrogen) atoms. The van der Waals surface area contributed by atoms with Gasteiger partial charge < -0.3 is 10.5 Å². The second kappa shape index (κ2) is 7.11. The van der Waals surface area contributed by atoms with E-state index in [-0.39, 0.29) is 0 Å². The summed E-state index contributed by atoms with van der Waals surface area (Å²) in [5.41, 5.74) is 9.35. The molecule has 0 aliphatic heterocycles. The summed E-state index contributed by atoms with van der Waals surface area (Å²) in [6.45, 7) is 5.63. The van der Waals surface area contributed by atoms with E-state index in [2.05, 4.69) is 44.2 Å². The van der Waals surface area contributed by atoms with Crippen molar-refractivity contribution in [2.45, 2.75) is 32.8 Å². The average molecular weight is 269 g/mol. The van der Waals surface area contributed by atoms with Crippen LogP contribution in [0.2, 0.25) is 0 Å². The summed E-state index contributed by atoms with van der Waals surface area (Å²) in [5.74, 6) is 1.46. The number of rotatable bonds is 6. The van der Waals surface area contributed by atoms with Crippen molar-refractivity contribution in [1.29, 1.82) is 0 Å². The fourth-order valence-corrected chi connectivity index (χ4v) is 2.16. The summed E-state index contributed by atoms with van der Waals surface area (Å²) in [6.07, 6.45) is 0.850. The van der Waals surface area contributed by atoms with Crippen LogP contribution in [-0.2, 0) is 13.0 Å². The maximum Gasteiger partial charge on any atom is 0.123 e. The van der Waals surface area contributed by atoms with Gasteiger partial charge in [-0.25, -0.2) is 0 Å². The lowest BCUT2D eigenvalue weighted by Crippen LogP contribution is -2.06. The minimum Gasteiger partial charge on any atom is -0.489 e. The predicted molar refractivity (Wildman–Crippen MR) is 84.1 cm³/mol. The van der Waals surface area contributed by atoms with Crippen LogP contribution in [0, 0.1) is 0 Å². The molecule has 2 aromatic rings. The van der Waals surface area contributed by atoms with Gasteiger partial charge in [-0.3, -0.25) is 0 Å². The number of hydrogen-bond acceptors (Lipinski definition) is 2. The van der Waals surface area contributed by atoms with Crippen LogP contribution in [0.4, 0.5) is 0 Å². The molecule has 0 unspecified atom stereocenters. The number of nitrogens with two attached hydrogens (primary N) is 1. The lowest BCUT2D eigenvalue weighted by atomic mass is 10.00. The highest BCUT2D eigenvalue weighted by atomic mass is 16.5. The summed E-state index contributed by atoms with van der Waals surface area (Å²) in [4.78, 5) is 0. The van der Waals surface area contributed by atoms with Crippen molar-refractivity contribution < 1.29 is 4.74 Å². The Morgan fingerprint density at radius 3 is 2.45 bits per heavy atom. The highest BCUT2D eigenvalue weighted by molar-refractivity contribution is 5.39. The van der Waals surface area contributed by atoms with E-state index in [0.717, 1.165) is 12.2 Å². The van der Waals surface area contributed by atoms with Gasteiger partial charge in [0.1, 0.15) is 12.4 Å². The van der Waals surface area contributed by atoms with Crippen LogP contribution in [0.5, 0.6) is 5.75 Å². The molecule has 2 N–H and O–H groups in total. The molecule has 0 spiro atoms. The summed E-state index contributed by atoms with van der Waals surface area (Å²) >= 11 is 0. The number of hydrogen-bond donors (Lipinski definition) is 1. The topological polar surface area (TPSA) is 35.2 Å². The first-order valence-corrected chi connectivity index (χ1v) is 7.20. The van der Waals surface area contributed by atoms with E-state index in [9.17, 15) is 0 Å². The molecule has 0 aliphatic rings. The van der Waals surface area contributed by atoms with E-state index in [1.807, 2.05) is 18.2 Å². The van der Waals surface area contributed by atoms with Gasteiger partial charge in [0.25, 0.3) is 0 Å². The van der Waals surface area contributed by atoms with Gasteiger partial charge in [-0.1, -0.05) is 56.3 Å². The Balaban J connectivity index is 2.16. The largest absolute Gasteiger partial charge is 0.489 e. The van der Waals surface area contributed by atoms with Crippen molar-refractivity contribution in [3.8, 4) is 5.75 Å². The Morgan fingerprint density at radius 1 is 1.05 bits per heavy atom. The second-order valence-corrected chi connectivity index (χ2v) is 5.33. The molecule has 0 radical (unpaired) electrons. The van der Waals surface area contributed by atoms with Crippen LogP contribution in [0.15, 0.2) is 48.5 Å². The van der Waals surface area contributed by atoms with Crippen LogP contribution in [-0.4, -0.2) is 6.54 Å². The van der Waals surface area contributed by atoms with Gasteiger partial charge in [0, 0.05) is 0 Å². The highest BCUT2D eigenvalue weighted by Gasteiger charge is 2.07. The van der Waals surface area contributed by atoms with E-state index in [1.165, 1.54) is 16.7 Å². The average Bonchev–Trinajstić information content (AvgIpc) is 2.47. The Hall–Kier alpha value is -1.80. The van der Waals surface area contributed by atoms with Gasteiger partial charge in [-0.15, -0.1) is 0 Å². The zero-order valence-electron chi connectivity index (χ0n) is 12.3. The molecule has 0 fully saturated rings. The van der Waals surface area contributed by atoms with Gasteiger partial charge in [0.2, 0.25) is 0 Å². The van der Waals surface area contributed by atoms with Crippen LogP contribution < -0.4 is 10.5 Å². The Labute approximate surface area is 121 Å². The maximum atomic E-state index is 6.01. The molecular formula is C18H23NO. The first-order valence-electron chi connectivity index (χ1n) is 7.20. The molecule has 2 rings (SSSR count). The first-order chi connectivity index (χ1) is 9.70. The van der Waals surface area contributed by atoms with Gasteiger partial charge >= 0.3 is 0 Å². The summed E-state index contributed by atoms with van der Waals surface area (Å²) in [6, 6.07) is 16.7. The molecule has 0 saturated heterocycles.